The van der Waals surface area contributed by atoms with Crippen molar-refractivity contribution in [2.45, 2.75) is 32.7 Å². The Kier molecular flexibility index (Phi) is 4.99. The molecule has 0 aliphatic heterocycles. The van der Waals surface area contributed by atoms with Crippen LogP contribution in [-0.2, 0) is 11.2 Å². The predicted molar refractivity (Wildman–Crippen MR) is 66.0 cm³/mol. The predicted octanol–water partition coefficient (Wildman–Crippen LogP) is 1.77. The third-order valence-corrected chi connectivity index (χ3v) is 2.64. The first kappa shape index (κ1) is 12.7. The second kappa shape index (κ2) is 6.28. The second-order valence-electron chi connectivity index (χ2n) is 3.92. The summed E-state index contributed by atoms with van der Waals surface area (Å²) in [5.41, 5.74) is 7.76. The van der Waals surface area contributed by atoms with Crippen LogP contribution in [0.4, 0.5) is 0 Å². The lowest BCUT2D eigenvalue weighted by molar-refractivity contribution is -0.121. The van der Waals surface area contributed by atoms with Crippen LogP contribution in [0, 0.1) is 0 Å². The third-order valence-electron chi connectivity index (χ3n) is 2.64. The third kappa shape index (κ3) is 3.66. The van der Waals surface area contributed by atoms with Gasteiger partial charge in [-0.25, -0.2) is 0 Å². The van der Waals surface area contributed by atoms with Crippen LogP contribution in [0.25, 0.3) is 0 Å². The highest BCUT2D eigenvalue weighted by atomic mass is 16.1. The number of nitrogens with two attached hydrogens (primary N) is 1. The molecule has 0 radical (unpaired) electrons. The molecule has 1 amide bonds. The molecule has 1 aromatic carbocycles. The van der Waals surface area contributed by atoms with E-state index in [0.717, 1.165) is 12.0 Å². The fourth-order valence-electron chi connectivity index (χ4n) is 1.57. The molecule has 0 aliphatic carbocycles. The Morgan fingerprint density at radius 2 is 2.00 bits per heavy atom. The Morgan fingerprint density at radius 3 is 2.50 bits per heavy atom. The van der Waals surface area contributed by atoms with Gasteiger partial charge in [0.1, 0.15) is 0 Å². The Labute approximate surface area is 97.0 Å². The molecule has 3 heteroatoms. The number of nitrogens with one attached hydrogen (secondary N) is 1. The minimum atomic E-state index is 0.00886. The maximum atomic E-state index is 11.4. The quantitative estimate of drug-likeness (QED) is 0.794. The van der Waals surface area contributed by atoms with E-state index >= 15 is 0 Å². The molecule has 0 spiro atoms. The molecule has 1 unspecified atom stereocenters. The summed E-state index contributed by atoms with van der Waals surface area (Å²) < 4.78 is 0. The topological polar surface area (TPSA) is 55.1 Å². The molecule has 0 saturated carbocycles. The molecule has 3 nitrogen and oxygen atoms in total. The number of carbonyl (C=O) groups is 1. The first-order valence-electron chi connectivity index (χ1n) is 5.75. The average Bonchev–Trinajstić information content (AvgIpc) is 2.29. The van der Waals surface area contributed by atoms with Crippen LogP contribution in [0.2, 0.25) is 0 Å². The average molecular weight is 220 g/mol. The fraction of sp³-hybridized carbons (Fsp3) is 0.462. The summed E-state index contributed by atoms with van der Waals surface area (Å²) in [5.74, 6) is 0.00886. The van der Waals surface area contributed by atoms with Gasteiger partial charge < -0.3 is 11.1 Å². The van der Waals surface area contributed by atoms with Crippen molar-refractivity contribution >= 4 is 5.91 Å². The van der Waals surface area contributed by atoms with Crippen LogP contribution >= 0.6 is 0 Å². The van der Waals surface area contributed by atoms with Gasteiger partial charge in [0.25, 0.3) is 0 Å². The minimum absolute atomic E-state index is 0.00886. The van der Waals surface area contributed by atoms with Gasteiger partial charge >= 0.3 is 0 Å². The highest BCUT2D eigenvalue weighted by Crippen LogP contribution is 2.13. The first-order chi connectivity index (χ1) is 7.67. The molecule has 1 aromatic rings. The maximum absolute atomic E-state index is 11.4. The highest BCUT2D eigenvalue weighted by Gasteiger charge is 2.08. The van der Waals surface area contributed by atoms with Crippen molar-refractivity contribution in [1.29, 1.82) is 0 Å². The molecule has 3 N–H and O–H groups in total. The lowest BCUT2D eigenvalue weighted by Gasteiger charge is -2.14. The van der Waals surface area contributed by atoms with E-state index in [1.165, 1.54) is 5.56 Å². The van der Waals surface area contributed by atoms with Crippen molar-refractivity contribution in [2.75, 3.05) is 6.54 Å². The van der Waals surface area contributed by atoms with Crippen LogP contribution in [0.5, 0.6) is 0 Å². The Morgan fingerprint density at radius 1 is 1.38 bits per heavy atom. The Balaban J connectivity index is 2.58. The monoisotopic (exact) mass is 220 g/mol. The van der Waals surface area contributed by atoms with Crippen molar-refractivity contribution < 1.29 is 4.79 Å². The zero-order chi connectivity index (χ0) is 12.0. The lowest BCUT2D eigenvalue weighted by atomic mass is 10.0. The van der Waals surface area contributed by atoms with Gasteiger partial charge in [0.2, 0.25) is 5.91 Å². The molecular weight excluding hydrogens is 200 g/mol. The van der Waals surface area contributed by atoms with Crippen molar-refractivity contribution in [3.63, 3.8) is 0 Å². The zero-order valence-corrected chi connectivity index (χ0v) is 9.99. The van der Waals surface area contributed by atoms with E-state index in [0.29, 0.717) is 13.0 Å². The van der Waals surface area contributed by atoms with Crippen LogP contribution in [0.3, 0.4) is 0 Å². The van der Waals surface area contributed by atoms with Crippen LogP contribution in [0.15, 0.2) is 24.3 Å². The van der Waals surface area contributed by atoms with Crippen LogP contribution in [0.1, 0.15) is 37.4 Å². The van der Waals surface area contributed by atoms with E-state index in [1.807, 2.05) is 6.92 Å². The Bertz CT molecular complexity index is 332. The molecule has 0 heterocycles. The summed E-state index contributed by atoms with van der Waals surface area (Å²) in [6.45, 7) is 4.50. The smallest absolute Gasteiger partial charge is 0.221 e. The number of hydrogen-bond donors (Lipinski definition) is 2. The molecule has 0 fully saturated rings. The van der Waals surface area contributed by atoms with E-state index in [9.17, 15) is 4.79 Å². The van der Waals surface area contributed by atoms with Gasteiger partial charge in [0, 0.05) is 13.0 Å². The van der Waals surface area contributed by atoms with Gasteiger partial charge in [-0.1, -0.05) is 31.2 Å². The zero-order valence-electron chi connectivity index (χ0n) is 9.99. The summed E-state index contributed by atoms with van der Waals surface area (Å²) in [7, 11) is 0. The number of hydrogen-bond acceptors (Lipinski definition) is 2. The van der Waals surface area contributed by atoms with Crippen molar-refractivity contribution in [2.24, 2.45) is 5.73 Å². The summed E-state index contributed by atoms with van der Waals surface area (Å²) in [6, 6.07) is 8.37. The fourth-order valence-corrected chi connectivity index (χ4v) is 1.57. The minimum Gasteiger partial charge on any atom is -0.350 e. The van der Waals surface area contributed by atoms with Crippen molar-refractivity contribution in [3.8, 4) is 0 Å². The van der Waals surface area contributed by atoms with Crippen molar-refractivity contribution in [3.05, 3.63) is 35.4 Å². The number of aryl methyl sites for hydroxylation is 1. The normalized spacial score (nSPS) is 12.2. The summed E-state index contributed by atoms with van der Waals surface area (Å²) in [5, 5.41) is 2.92. The van der Waals surface area contributed by atoms with Gasteiger partial charge in [0.05, 0.1) is 6.04 Å². The van der Waals surface area contributed by atoms with E-state index < -0.39 is 0 Å². The number of amides is 1. The lowest BCUT2D eigenvalue weighted by Crippen LogP contribution is -2.28. The van der Waals surface area contributed by atoms with Crippen LogP contribution < -0.4 is 11.1 Å². The summed E-state index contributed by atoms with van der Waals surface area (Å²) in [6.07, 6.45) is 1.42. The molecule has 0 saturated heterocycles. The number of benzene rings is 1. The van der Waals surface area contributed by atoms with Gasteiger partial charge in [0.15, 0.2) is 0 Å². The SMILES string of the molecule is CCc1ccc(C(C)NC(=O)CCN)cc1. The number of rotatable bonds is 5. The molecule has 0 aliphatic rings. The molecule has 0 aromatic heterocycles. The molecular formula is C13H20N2O. The summed E-state index contributed by atoms with van der Waals surface area (Å²) in [4.78, 5) is 11.4. The maximum Gasteiger partial charge on any atom is 0.221 e. The van der Waals surface area contributed by atoms with Gasteiger partial charge in [-0.05, 0) is 24.5 Å². The largest absolute Gasteiger partial charge is 0.350 e. The van der Waals surface area contributed by atoms with E-state index in [-0.39, 0.29) is 11.9 Å². The summed E-state index contributed by atoms with van der Waals surface area (Å²) >= 11 is 0. The molecule has 1 atom stereocenters. The molecule has 16 heavy (non-hydrogen) atoms. The van der Waals surface area contributed by atoms with Crippen molar-refractivity contribution in [1.82, 2.24) is 5.32 Å². The molecule has 1 rings (SSSR count). The van der Waals surface area contributed by atoms with E-state index in [2.05, 4.69) is 36.5 Å². The second-order valence-corrected chi connectivity index (χ2v) is 3.92. The Hall–Kier alpha value is -1.35. The van der Waals surface area contributed by atoms with E-state index in [4.69, 9.17) is 5.73 Å². The molecule has 0 bridgehead atoms. The highest BCUT2D eigenvalue weighted by molar-refractivity contribution is 5.76. The molecule has 88 valence electrons. The number of carbonyl (C=O) groups excluding carboxylic acids is 1. The van der Waals surface area contributed by atoms with Gasteiger partial charge in [-0.15, -0.1) is 0 Å². The van der Waals surface area contributed by atoms with Gasteiger partial charge in [-0.2, -0.15) is 0 Å². The van der Waals surface area contributed by atoms with E-state index in [1.54, 1.807) is 0 Å². The van der Waals surface area contributed by atoms with Crippen LogP contribution in [-0.4, -0.2) is 12.5 Å². The standard InChI is InChI=1S/C13H20N2O/c1-3-11-4-6-12(7-5-11)10(2)15-13(16)8-9-14/h4-7,10H,3,8-9,14H2,1-2H3,(H,15,16). The first-order valence-corrected chi connectivity index (χ1v) is 5.75. The van der Waals surface area contributed by atoms with Gasteiger partial charge in [-0.3, -0.25) is 4.79 Å².